The van der Waals surface area contributed by atoms with E-state index < -0.39 is 0 Å². The van der Waals surface area contributed by atoms with Crippen LogP contribution in [0.15, 0.2) is 53.6 Å². The molecular formula is C18H18N4O2. The molecule has 0 radical (unpaired) electrons. The number of aromatic nitrogens is 3. The molecule has 0 atom stereocenters. The Morgan fingerprint density at radius 1 is 1.25 bits per heavy atom. The topological polar surface area (TPSA) is 73.0 Å². The first-order valence-electron chi connectivity index (χ1n) is 8.06. The minimum atomic E-state index is -0.201. The van der Waals surface area contributed by atoms with E-state index in [4.69, 9.17) is 4.52 Å². The summed E-state index contributed by atoms with van der Waals surface area (Å²) in [6, 6.07) is 9.91. The zero-order chi connectivity index (χ0) is 16.4. The summed E-state index contributed by atoms with van der Waals surface area (Å²) in [7, 11) is 0. The summed E-state index contributed by atoms with van der Waals surface area (Å²) in [5.41, 5.74) is 2.59. The van der Waals surface area contributed by atoms with Gasteiger partial charge in [-0.1, -0.05) is 29.4 Å². The fourth-order valence-electron chi connectivity index (χ4n) is 2.58. The Bertz CT molecular complexity index is 817. The van der Waals surface area contributed by atoms with Crippen LogP contribution < -0.4 is 5.32 Å². The molecule has 1 amide bonds. The Hall–Kier alpha value is -2.89. The maximum atomic E-state index is 12.1. The molecule has 1 saturated carbocycles. The molecule has 1 fully saturated rings. The van der Waals surface area contributed by atoms with Crippen molar-refractivity contribution in [1.82, 2.24) is 20.0 Å². The summed E-state index contributed by atoms with van der Waals surface area (Å²) in [5.74, 6) is 1.08. The highest BCUT2D eigenvalue weighted by Crippen LogP contribution is 2.40. The maximum Gasteiger partial charge on any atom is 0.273 e. The average molecular weight is 322 g/mol. The third kappa shape index (κ3) is 3.37. The largest absolute Gasteiger partial charge is 0.360 e. The molecule has 1 aromatic carbocycles. The van der Waals surface area contributed by atoms with Crippen LogP contribution in [0.1, 0.15) is 46.1 Å². The van der Waals surface area contributed by atoms with Crippen molar-refractivity contribution in [2.45, 2.75) is 31.8 Å². The summed E-state index contributed by atoms with van der Waals surface area (Å²) in [6.45, 7) is 1.26. The lowest BCUT2D eigenvalue weighted by atomic mass is 10.1. The number of nitrogens with one attached hydrogen (secondary N) is 1. The van der Waals surface area contributed by atoms with Crippen molar-refractivity contribution >= 4 is 5.91 Å². The van der Waals surface area contributed by atoms with Crippen molar-refractivity contribution in [3.05, 3.63) is 71.6 Å². The Morgan fingerprint density at radius 3 is 2.75 bits per heavy atom. The van der Waals surface area contributed by atoms with Crippen LogP contribution in [0, 0.1) is 0 Å². The highest BCUT2D eigenvalue weighted by atomic mass is 16.5. The number of amides is 1. The van der Waals surface area contributed by atoms with Gasteiger partial charge in [-0.15, -0.1) is 0 Å². The van der Waals surface area contributed by atoms with E-state index in [9.17, 15) is 4.79 Å². The van der Waals surface area contributed by atoms with Gasteiger partial charge in [0.1, 0.15) is 5.76 Å². The van der Waals surface area contributed by atoms with Crippen molar-refractivity contribution in [3.8, 4) is 0 Å². The third-order valence-corrected chi connectivity index (χ3v) is 4.14. The molecule has 24 heavy (non-hydrogen) atoms. The molecule has 2 aromatic heterocycles. The minimum absolute atomic E-state index is 0.201. The number of benzene rings is 1. The van der Waals surface area contributed by atoms with Crippen molar-refractivity contribution < 1.29 is 9.32 Å². The van der Waals surface area contributed by atoms with E-state index in [0.717, 1.165) is 30.7 Å². The van der Waals surface area contributed by atoms with E-state index in [0.29, 0.717) is 18.2 Å². The molecule has 0 saturated heterocycles. The quantitative estimate of drug-likeness (QED) is 0.757. The van der Waals surface area contributed by atoms with Crippen LogP contribution in [0.4, 0.5) is 0 Å². The summed E-state index contributed by atoms with van der Waals surface area (Å²) < 4.78 is 7.22. The first kappa shape index (κ1) is 14.7. The SMILES string of the molecule is O=C(NCc1ccc(Cn2ccnc2)cc1)c1cc(C2CC2)on1. The molecule has 122 valence electrons. The normalized spacial score (nSPS) is 13.8. The standard InChI is InChI=1S/C18H18N4O2/c23-18(16-9-17(24-21-16)15-5-6-15)20-10-13-1-3-14(4-2-13)11-22-8-7-19-12-22/h1-4,7-9,12,15H,5-6,10-11H2,(H,20,23). The highest BCUT2D eigenvalue weighted by Gasteiger charge is 2.28. The van der Waals surface area contributed by atoms with Gasteiger partial charge in [-0.25, -0.2) is 4.98 Å². The number of rotatable bonds is 6. The number of carbonyl (C=O) groups is 1. The second-order valence-electron chi connectivity index (χ2n) is 6.12. The van der Waals surface area contributed by atoms with Gasteiger partial charge in [-0.05, 0) is 24.0 Å². The Kier molecular flexibility index (Phi) is 3.86. The molecule has 0 bridgehead atoms. The van der Waals surface area contributed by atoms with Gasteiger partial charge >= 0.3 is 0 Å². The van der Waals surface area contributed by atoms with Crippen LogP contribution in [0.25, 0.3) is 0 Å². The summed E-state index contributed by atoms with van der Waals surface area (Å²) in [6.07, 6.45) is 7.75. The Labute approximate surface area is 139 Å². The molecule has 6 heteroatoms. The third-order valence-electron chi connectivity index (χ3n) is 4.14. The summed E-state index contributed by atoms with van der Waals surface area (Å²) in [5, 5.41) is 6.73. The first-order valence-corrected chi connectivity index (χ1v) is 8.06. The molecule has 4 rings (SSSR count). The second-order valence-corrected chi connectivity index (χ2v) is 6.12. The fourth-order valence-corrected chi connectivity index (χ4v) is 2.58. The zero-order valence-corrected chi connectivity index (χ0v) is 13.2. The maximum absolute atomic E-state index is 12.1. The Morgan fingerprint density at radius 2 is 2.04 bits per heavy atom. The summed E-state index contributed by atoms with van der Waals surface area (Å²) in [4.78, 5) is 16.1. The molecule has 0 spiro atoms. The van der Waals surface area contributed by atoms with Gasteiger partial charge in [0.15, 0.2) is 5.69 Å². The van der Waals surface area contributed by atoms with Crippen LogP contribution in [0.5, 0.6) is 0 Å². The predicted molar refractivity (Wildman–Crippen MR) is 87.4 cm³/mol. The lowest BCUT2D eigenvalue weighted by molar-refractivity contribution is 0.0941. The Balaban J connectivity index is 1.32. The molecule has 3 aromatic rings. The van der Waals surface area contributed by atoms with Crippen molar-refractivity contribution in [3.63, 3.8) is 0 Å². The van der Waals surface area contributed by atoms with E-state index in [2.05, 4.69) is 27.6 Å². The number of nitrogens with zero attached hydrogens (tertiary/aromatic N) is 3. The monoisotopic (exact) mass is 322 g/mol. The molecule has 6 nitrogen and oxygen atoms in total. The number of hydrogen-bond acceptors (Lipinski definition) is 4. The van der Waals surface area contributed by atoms with Crippen molar-refractivity contribution in [1.29, 1.82) is 0 Å². The summed E-state index contributed by atoms with van der Waals surface area (Å²) >= 11 is 0. The van der Waals surface area contributed by atoms with Gasteiger partial charge in [0.05, 0.1) is 6.33 Å². The molecule has 2 heterocycles. The predicted octanol–water partition coefficient (Wildman–Crippen LogP) is 2.73. The molecule has 1 N–H and O–H groups in total. The van der Waals surface area contributed by atoms with Gasteiger partial charge in [0, 0.05) is 37.5 Å². The van der Waals surface area contributed by atoms with Gasteiger partial charge in [-0.3, -0.25) is 4.79 Å². The van der Waals surface area contributed by atoms with Gasteiger partial charge in [0.2, 0.25) is 0 Å². The molecular weight excluding hydrogens is 304 g/mol. The van der Waals surface area contributed by atoms with E-state index in [1.807, 2.05) is 22.9 Å². The van der Waals surface area contributed by atoms with Gasteiger partial charge in [-0.2, -0.15) is 0 Å². The number of hydrogen-bond donors (Lipinski definition) is 1. The van der Waals surface area contributed by atoms with E-state index in [-0.39, 0.29) is 5.91 Å². The van der Waals surface area contributed by atoms with Crippen LogP contribution in [-0.2, 0) is 13.1 Å². The average Bonchev–Trinajstić information content (AvgIpc) is 3.11. The lowest BCUT2D eigenvalue weighted by Crippen LogP contribution is -2.23. The number of carbonyl (C=O) groups excluding carboxylic acids is 1. The smallest absolute Gasteiger partial charge is 0.273 e. The van der Waals surface area contributed by atoms with Crippen LogP contribution >= 0.6 is 0 Å². The molecule has 0 aliphatic heterocycles. The van der Waals surface area contributed by atoms with Crippen LogP contribution in [-0.4, -0.2) is 20.6 Å². The fraction of sp³-hybridized carbons (Fsp3) is 0.278. The molecule has 0 unspecified atom stereocenters. The minimum Gasteiger partial charge on any atom is -0.360 e. The van der Waals surface area contributed by atoms with Crippen molar-refractivity contribution in [2.24, 2.45) is 0 Å². The van der Waals surface area contributed by atoms with Gasteiger partial charge < -0.3 is 14.4 Å². The van der Waals surface area contributed by atoms with E-state index >= 15 is 0 Å². The van der Waals surface area contributed by atoms with Crippen molar-refractivity contribution in [2.75, 3.05) is 0 Å². The molecule has 1 aliphatic carbocycles. The lowest BCUT2D eigenvalue weighted by Gasteiger charge is -2.06. The zero-order valence-electron chi connectivity index (χ0n) is 13.2. The van der Waals surface area contributed by atoms with Crippen LogP contribution in [0.2, 0.25) is 0 Å². The number of imidazole rings is 1. The second kappa shape index (κ2) is 6.31. The van der Waals surface area contributed by atoms with Gasteiger partial charge in [0.25, 0.3) is 5.91 Å². The highest BCUT2D eigenvalue weighted by molar-refractivity contribution is 5.92. The van der Waals surface area contributed by atoms with E-state index in [1.165, 1.54) is 5.56 Å². The van der Waals surface area contributed by atoms with E-state index in [1.54, 1.807) is 18.6 Å². The molecule has 1 aliphatic rings. The van der Waals surface area contributed by atoms with Crippen LogP contribution in [0.3, 0.4) is 0 Å². The first-order chi connectivity index (χ1) is 11.8.